The molecule has 3 aliphatic rings. The molecule has 0 aliphatic carbocycles. The Kier molecular flexibility index (Phi) is 4.52. The highest BCUT2D eigenvalue weighted by Crippen LogP contribution is 2.36. The number of anilines is 1. The predicted octanol–water partition coefficient (Wildman–Crippen LogP) is 0.502. The largest absolute Gasteiger partial charge is 0.384 e. The summed E-state index contributed by atoms with van der Waals surface area (Å²) >= 11 is 0. The highest BCUT2D eigenvalue weighted by Gasteiger charge is 2.37. The van der Waals surface area contributed by atoms with Crippen molar-refractivity contribution in [2.45, 2.75) is 44.2 Å². The number of hydrogen-bond acceptors (Lipinski definition) is 6. The van der Waals surface area contributed by atoms with Crippen molar-refractivity contribution in [1.82, 2.24) is 24.8 Å². The Labute approximate surface area is 173 Å². The molecule has 0 radical (unpaired) electrons. The van der Waals surface area contributed by atoms with Gasteiger partial charge in [-0.3, -0.25) is 14.4 Å². The minimum Gasteiger partial charge on any atom is -0.384 e. The lowest BCUT2D eigenvalue weighted by atomic mass is 9.82. The first-order valence-electron chi connectivity index (χ1n) is 10.4. The molecule has 2 bridgehead atoms. The summed E-state index contributed by atoms with van der Waals surface area (Å²) < 4.78 is 1.84. The molecule has 2 aromatic heterocycles. The van der Waals surface area contributed by atoms with Gasteiger partial charge in [0.2, 0.25) is 11.8 Å². The summed E-state index contributed by atoms with van der Waals surface area (Å²) in [6, 6.07) is 5.19. The van der Waals surface area contributed by atoms with Gasteiger partial charge in [0.15, 0.2) is 0 Å². The summed E-state index contributed by atoms with van der Waals surface area (Å²) in [7, 11) is 0. The van der Waals surface area contributed by atoms with Gasteiger partial charge in [0.25, 0.3) is 5.56 Å². The first kappa shape index (κ1) is 18.8. The molecule has 2 fully saturated rings. The first-order chi connectivity index (χ1) is 14.5. The SMILES string of the molecule is Nc1cc(-c2cc3n(c(=O)c2)C[C@H]2C[C@@H]3CN(C(=O)C[C@@H]3CCC(=O)N3)C2)ncn1. The molecule has 0 saturated carbocycles. The van der Waals surface area contributed by atoms with Gasteiger partial charge in [-0.15, -0.1) is 0 Å². The smallest absolute Gasteiger partial charge is 0.251 e. The van der Waals surface area contributed by atoms with E-state index in [2.05, 4.69) is 15.3 Å². The van der Waals surface area contributed by atoms with E-state index in [9.17, 15) is 14.4 Å². The van der Waals surface area contributed by atoms with Gasteiger partial charge in [-0.05, 0) is 24.8 Å². The van der Waals surface area contributed by atoms with Crippen molar-refractivity contribution in [2.75, 3.05) is 18.8 Å². The van der Waals surface area contributed by atoms with Crippen molar-refractivity contribution in [1.29, 1.82) is 0 Å². The number of carbonyl (C=O) groups is 2. The Morgan fingerprint density at radius 3 is 2.80 bits per heavy atom. The van der Waals surface area contributed by atoms with Crippen LogP contribution in [0.2, 0.25) is 0 Å². The summed E-state index contributed by atoms with van der Waals surface area (Å²) in [5.41, 5.74) is 8.00. The summed E-state index contributed by atoms with van der Waals surface area (Å²) in [4.78, 5) is 47.2. The van der Waals surface area contributed by atoms with E-state index in [0.29, 0.717) is 44.0 Å². The minimum absolute atomic E-state index is 0.0227. The molecule has 3 aliphatic heterocycles. The third kappa shape index (κ3) is 3.44. The van der Waals surface area contributed by atoms with Gasteiger partial charge in [0.1, 0.15) is 12.1 Å². The van der Waals surface area contributed by atoms with Gasteiger partial charge in [-0.1, -0.05) is 0 Å². The molecule has 156 valence electrons. The fraction of sp³-hybridized carbons (Fsp3) is 0.476. The Morgan fingerprint density at radius 2 is 2.03 bits per heavy atom. The standard InChI is InChI=1S/C21H24N6O3/c22-18-7-16(23-11-24-18)13-4-17-14-3-12(9-27(17)21(30)5-13)8-26(10-14)20(29)6-15-1-2-19(28)25-15/h4-5,7,11-12,14-15H,1-3,6,8-10H2,(H,25,28)(H2,22,23,24)/t12-,14+,15-/m0/s1. The molecule has 5 rings (SSSR count). The average molecular weight is 408 g/mol. The van der Waals surface area contributed by atoms with Crippen molar-refractivity contribution in [3.05, 3.63) is 40.6 Å². The molecule has 9 nitrogen and oxygen atoms in total. The molecule has 3 N–H and O–H groups in total. The van der Waals surface area contributed by atoms with Crippen LogP contribution in [0.1, 0.15) is 37.3 Å². The van der Waals surface area contributed by atoms with Gasteiger partial charge in [-0.25, -0.2) is 9.97 Å². The second kappa shape index (κ2) is 7.23. The number of fused-ring (bicyclic) bond motifs is 4. The number of nitrogens with zero attached hydrogens (tertiary/aromatic N) is 4. The number of pyridine rings is 1. The fourth-order valence-corrected chi connectivity index (χ4v) is 5.01. The number of aromatic nitrogens is 3. The van der Waals surface area contributed by atoms with E-state index in [1.165, 1.54) is 6.33 Å². The van der Waals surface area contributed by atoms with Crippen LogP contribution in [0.3, 0.4) is 0 Å². The topological polar surface area (TPSA) is 123 Å². The normalized spacial score (nSPS) is 25.0. The van der Waals surface area contributed by atoms with Crippen LogP contribution >= 0.6 is 0 Å². The van der Waals surface area contributed by atoms with Crippen LogP contribution < -0.4 is 16.6 Å². The maximum Gasteiger partial charge on any atom is 0.251 e. The van der Waals surface area contributed by atoms with Gasteiger partial charge < -0.3 is 20.5 Å². The predicted molar refractivity (Wildman–Crippen MR) is 109 cm³/mol. The molecule has 0 aromatic carbocycles. The summed E-state index contributed by atoms with van der Waals surface area (Å²) in [5.74, 6) is 0.816. The molecular formula is C21H24N6O3. The number of rotatable bonds is 3. The lowest BCUT2D eigenvalue weighted by molar-refractivity contribution is -0.134. The van der Waals surface area contributed by atoms with Gasteiger partial charge >= 0.3 is 0 Å². The summed E-state index contributed by atoms with van der Waals surface area (Å²) in [6.07, 6.45) is 3.91. The van der Waals surface area contributed by atoms with Gasteiger partial charge in [0.05, 0.1) is 5.69 Å². The van der Waals surface area contributed by atoms with Crippen LogP contribution in [0.4, 0.5) is 5.82 Å². The second-order valence-electron chi connectivity index (χ2n) is 8.55. The lowest BCUT2D eigenvalue weighted by Gasteiger charge is -2.43. The van der Waals surface area contributed by atoms with Crippen LogP contribution in [0.15, 0.2) is 29.3 Å². The van der Waals surface area contributed by atoms with E-state index in [1.807, 2.05) is 15.5 Å². The zero-order valence-electron chi connectivity index (χ0n) is 16.6. The van der Waals surface area contributed by atoms with Crippen LogP contribution in [0.5, 0.6) is 0 Å². The minimum atomic E-state index is -0.0588. The monoisotopic (exact) mass is 408 g/mol. The lowest BCUT2D eigenvalue weighted by Crippen LogP contribution is -2.50. The summed E-state index contributed by atoms with van der Waals surface area (Å²) in [6.45, 7) is 1.86. The fourth-order valence-electron chi connectivity index (χ4n) is 5.01. The average Bonchev–Trinajstić information content (AvgIpc) is 3.13. The van der Waals surface area contributed by atoms with Crippen LogP contribution in [-0.4, -0.2) is 50.4 Å². The number of piperidine rings is 1. The Bertz CT molecular complexity index is 1080. The summed E-state index contributed by atoms with van der Waals surface area (Å²) in [5, 5.41) is 2.87. The molecule has 0 unspecified atom stereocenters. The molecule has 3 atom stereocenters. The second-order valence-corrected chi connectivity index (χ2v) is 8.55. The molecule has 2 aromatic rings. The van der Waals surface area contributed by atoms with E-state index in [0.717, 1.165) is 24.1 Å². The quantitative estimate of drug-likeness (QED) is 0.762. The van der Waals surface area contributed by atoms with Crippen molar-refractivity contribution >= 4 is 17.6 Å². The van der Waals surface area contributed by atoms with Gasteiger partial charge in [-0.2, -0.15) is 0 Å². The van der Waals surface area contributed by atoms with Crippen LogP contribution in [0.25, 0.3) is 11.3 Å². The Morgan fingerprint density at radius 1 is 1.17 bits per heavy atom. The van der Waals surface area contributed by atoms with Crippen molar-refractivity contribution in [3.63, 3.8) is 0 Å². The molecule has 5 heterocycles. The van der Waals surface area contributed by atoms with Crippen molar-refractivity contribution < 1.29 is 9.59 Å². The number of amides is 2. The molecule has 0 spiro atoms. The third-order valence-corrected chi connectivity index (χ3v) is 6.40. The van der Waals surface area contributed by atoms with E-state index >= 15 is 0 Å². The van der Waals surface area contributed by atoms with Crippen molar-refractivity contribution in [3.8, 4) is 11.3 Å². The molecule has 30 heavy (non-hydrogen) atoms. The Hall–Kier alpha value is -3.23. The highest BCUT2D eigenvalue weighted by atomic mass is 16.2. The number of nitrogens with one attached hydrogen (secondary N) is 1. The third-order valence-electron chi connectivity index (χ3n) is 6.40. The number of likely N-dealkylation sites (tertiary alicyclic amines) is 1. The Balaban J connectivity index is 1.40. The zero-order chi connectivity index (χ0) is 20.8. The number of nitrogens with two attached hydrogens (primary N) is 1. The molecular weight excluding hydrogens is 384 g/mol. The van der Waals surface area contributed by atoms with Gasteiger partial charge in [0, 0.05) is 67.8 Å². The number of nitrogen functional groups attached to an aromatic ring is 1. The van der Waals surface area contributed by atoms with Crippen LogP contribution in [-0.2, 0) is 16.1 Å². The maximum atomic E-state index is 12.9. The van der Waals surface area contributed by atoms with E-state index in [1.54, 1.807) is 12.1 Å². The first-order valence-corrected chi connectivity index (χ1v) is 10.4. The van der Waals surface area contributed by atoms with E-state index in [-0.39, 0.29) is 35.3 Å². The number of carbonyl (C=O) groups excluding carboxylic acids is 2. The zero-order valence-corrected chi connectivity index (χ0v) is 16.6. The number of hydrogen-bond donors (Lipinski definition) is 2. The van der Waals surface area contributed by atoms with Crippen LogP contribution in [0, 0.1) is 5.92 Å². The maximum absolute atomic E-state index is 12.9. The highest BCUT2D eigenvalue weighted by molar-refractivity contribution is 5.82. The van der Waals surface area contributed by atoms with E-state index < -0.39 is 0 Å². The van der Waals surface area contributed by atoms with E-state index in [4.69, 9.17) is 5.73 Å². The molecule has 2 amide bonds. The molecule has 2 saturated heterocycles. The van der Waals surface area contributed by atoms with Crippen molar-refractivity contribution in [2.24, 2.45) is 5.92 Å². The molecule has 9 heteroatoms.